The Balaban J connectivity index is 1.75. The molecule has 0 aliphatic heterocycles. The van der Waals surface area contributed by atoms with E-state index in [0.29, 0.717) is 6.04 Å². The highest BCUT2D eigenvalue weighted by atomic mass is 15.4. The number of likely N-dealkylation sites (N-methyl/N-ethyl adjacent to an activating group) is 1. The Bertz CT molecular complexity index is 342. The Morgan fingerprint density at radius 3 is 2.94 bits per heavy atom. The van der Waals surface area contributed by atoms with E-state index in [4.69, 9.17) is 0 Å². The molecule has 0 bridgehead atoms. The predicted octanol–water partition coefficient (Wildman–Crippen LogP) is 1.04. The lowest BCUT2D eigenvalue weighted by Gasteiger charge is -2.17. The summed E-state index contributed by atoms with van der Waals surface area (Å²) in [5, 5.41) is 7.77. The fourth-order valence-electron chi connectivity index (χ4n) is 1.89. The SMILES string of the molecule is CC(C)n1ncnc1CN(C)CCNC1CC1. The van der Waals surface area contributed by atoms with Crippen molar-refractivity contribution in [3.8, 4) is 0 Å². The maximum atomic E-state index is 4.32. The minimum Gasteiger partial charge on any atom is -0.313 e. The monoisotopic (exact) mass is 237 g/mol. The largest absolute Gasteiger partial charge is 0.313 e. The van der Waals surface area contributed by atoms with Crippen LogP contribution < -0.4 is 5.32 Å². The fourth-order valence-corrected chi connectivity index (χ4v) is 1.89. The van der Waals surface area contributed by atoms with Crippen LogP contribution in [-0.4, -0.2) is 45.8 Å². The summed E-state index contributed by atoms with van der Waals surface area (Å²) in [6.45, 7) is 7.25. The molecule has 1 heterocycles. The molecule has 1 N–H and O–H groups in total. The van der Waals surface area contributed by atoms with Crippen molar-refractivity contribution in [3.63, 3.8) is 0 Å². The molecule has 17 heavy (non-hydrogen) atoms. The zero-order valence-electron chi connectivity index (χ0n) is 11.1. The molecule has 96 valence electrons. The van der Waals surface area contributed by atoms with Crippen molar-refractivity contribution in [1.82, 2.24) is 25.0 Å². The normalized spacial score (nSPS) is 16.1. The molecule has 1 saturated carbocycles. The third kappa shape index (κ3) is 3.78. The Labute approximate surface area is 103 Å². The summed E-state index contributed by atoms with van der Waals surface area (Å²) >= 11 is 0. The van der Waals surface area contributed by atoms with Crippen LogP contribution in [0.1, 0.15) is 38.6 Å². The van der Waals surface area contributed by atoms with Crippen molar-refractivity contribution in [2.45, 2.75) is 45.3 Å². The topological polar surface area (TPSA) is 46.0 Å². The number of nitrogens with one attached hydrogen (secondary N) is 1. The second kappa shape index (κ2) is 5.60. The van der Waals surface area contributed by atoms with E-state index in [-0.39, 0.29) is 0 Å². The van der Waals surface area contributed by atoms with E-state index >= 15 is 0 Å². The summed E-state index contributed by atoms with van der Waals surface area (Å²) in [7, 11) is 2.13. The van der Waals surface area contributed by atoms with Gasteiger partial charge in [-0.15, -0.1) is 0 Å². The summed E-state index contributed by atoms with van der Waals surface area (Å²) in [5.41, 5.74) is 0. The first-order chi connectivity index (χ1) is 8.16. The fraction of sp³-hybridized carbons (Fsp3) is 0.833. The predicted molar refractivity (Wildman–Crippen MR) is 67.8 cm³/mol. The van der Waals surface area contributed by atoms with E-state index in [2.05, 4.69) is 41.2 Å². The Morgan fingerprint density at radius 2 is 2.29 bits per heavy atom. The second-order valence-corrected chi connectivity index (χ2v) is 5.18. The quantitative estimate of drug-likeness (QED) is 0.770. The van der Waals surface area contributed by atoms with Crippen LogP contribution in [-0.2, 0) is 6.54 Å². The molecule has 0 atom stereocenters. The maximum Gasteiger partial charge on any atom is 0.141 e. The highest BCUT2D eigenvalue weighted by Gasteiger charge is 2.20. The van der Waals surface area contributed by atoms with E-state index in [1.54, 1.807) is 6.33 Å². The van der Waals surface area contributed by atoms with Crippen molar-refractivity contribution in [3.05, 3.63) is 12.2 Å². The molecule has 1 aromatic heterocycles. The number of rotatable bonds is 7. The van der Waals surface area contributed by atoms with Gasteiger partial charge in [0.05, 0.1) is 6.54 Å². The minimum atomic E-state index is 0.380. The van der Waals surface area contributed by atoms with Crippen LogP contribution >= 0.6 is 0 Å². The molecule has 1 fully saturated rings. The van der Waals surface area contributed by atoms with Gasteiger partial charge in [0.1, 0.15) is 12.2 Å². The number of hydrogen-bond donors (Lipinski definition) is 1. The van der Waals surface area contributed by atoms with Crippen molar-refractivity contribution in [2.24, 2.45) is 0 Å². The maximum absolute atomic E-state index is 4.32. The molecule has 1 aliphatic carbocycles. The summed E-state index contributed by atoms with van der Waals surface area (Å²) in [6.07, 6.45) is 4.35. The molecule has 0 aromatic carbocycles. The van der Waals surface area contributed by atoms with E-state index in [1.807, 2.05) is 4.68 Å². The zero-order valence-corrected chi connectivity index (χ0v) is 11.1. The molecule has 0 radical (unpaired) electrons. The third-order valence-electron chi connectivity index (χ3n) is 3.05. The van der Waals surface area contributed by atoms with Crippen LogP contribution in [0, 0.1) is 0 Å². The highest BCUT2D eigenvalue weighted by Crippen LogP contribution is 2.18. The van der Waals surface area contributed by atoms with Gasteiger partial charge in [-0.3, -0.25) is 4.90 Å². The Kier molecular flexibility index (Phi) is 4.12. The number of aromatic nitrogens is 3. The molecule has 1 aliphatic rings. The molecule has 0 spiro atoms. The summed E-state index contributed by atoms with van der Waals surface area (Å²) in [5.74, 6) is 1.05. The lowest BCUT2D eigenvalue weighted by atomic mass is 10.4. The van der Waals surface area contributed by atoms with Crippen LogP contribution in [0.5, 0.6) is 0 Å². The number of nitrogens with zero attached hydrogens (tertiary/aromatic N) is 4. The molecule has 0 unspecified atom stereocenters. The van der Waals surface area contributed by atoms with Crippen LogP contribution in [0.2, 0.25) is 0 Å². The van der Waals surface area contributed by atoms with E-state index < -0.39 is 0 Å². The second-order valence-electron chi connectivity index (χ2n) is 5.18. The number of hydrogen-bond acceptors (Lipinski definition) is 4. The van der Waals surface area contributed by atoms with Crippen molar-refractivity contribution >= 4 is 0 Å². The van der Waals surface area contributed by atoms with Gasteiger partial charge in [-0.05, 0) is 33.7 Å². The van der Waals surface area contributed by atoms with E-state index in [1.165, 1.54) is 12.8 Å². The summed E-state index contributed by atoms with van der Waals surface area (Å²) in [4.78, 5) is 6.61. The Morgan fingerprint density at radius 1 is 1.53 bits per heavy atom. The smallest absolute Gasteiger partial charge is 0.141 e. The van der Waals surface area contributed by atoms with Gasteiger partial charge in [0.25, 0.3) is 0 Å². The first kappa shape index (κ1) is 12.5. The van der Waals surface area contributed by atoms with E-state index in [9.17, 15) is 0 Å². The molecule has 2 rings (SSSR count). The summed E-state index contributed by atoms with van der Waals surface area (Å²) < 4.78 is 1.99. The highest BCUT2D eigenvalue weighted by molar-refractivity contribution is 4.86. The lowest BCUT2D eigenvalue weighted by Crippen LogP contribution is -2.31. The molecular formula is C12H23N5. The average molecular weight is 237 g/mol. The van der Waals surface area contributed by atoms with Gasteiger partial charge >= 0.3 is 0 Å². The standard InChI is InChI=1S/C12H23N5/c1-10(2)17-12(14-9-15-17)8-16(3)7-6-13-11-4-5-11/h9-11,13H,4-8H2,1-3H3. The van der Waals surface area contributed by atoms with E-state index in [0.717, 1.165) is 31.5 Å². The van der Waals surface area contributed by atoms with Gasteiger partial charge in [0.15, 0.2) is 0 Å². The van der Waals surface area contributed by atoms with Crippen molar-refractivity contribution in [1.29, 1.82) is 0 Å². The van der Waals surface area contributed by atoms with Gasteiger partial charge in [-0.1, -0.05) is 0 Å². The van der Waals surface area contributed by atoms with Gasteiger partial charge in [-0.2, -0.15) is 5.10 Å². The average Bonchev–Trinajstić information content (AvgIpc) is 2.96. The van der Waals surface area contributed by atoms with Crippen molar-refractivity contribution in [2.75, 3.05) is 20.1 Å². The van der Waals surface area contributed by atoms with Crippen LogP contribution in [0.3, 0.4) is 0 Å². The molecule has 0 saturated heterocycles. The summed E-state index contributed by atoms with van der Waals surface area (Å²) in [6, 6.07) is 1.17. The lowest BCUT2D eigenvalue weighted by molar-refractivity contribution is 0.304. The van der Waals surface area contributed by atoms with Crippen LogP contribution in [0.15, 0.2) is 6.33 Å². The molecule has 1 aromatic rings. The van der Waals surface area contributed by atoms with Crippen LogP contribution in [0.25, 0.3) is 0 Å². The van der Waals surface area contributed by atoms with Crippen LogP contribution in [0.4, 0.5) is 0 Å². The first-order valence-electron chi connectivity index (χ1n) is 6.47. The molecular weight excluding hydrogens is 214 g/mol. The van der Waals surface area contributed by atoms with Gasteiger partial charge in [0, 0.05) is 25.2 Å². The third-order valence-corrected chi connectivity index (χ3v) is 3.05. The van der Waals surface area contributed by atoms with Crippen molar-refractivity contribution < 1.29 is 0 Å². The molecule has 5 nitrogen and oxygen atoms in total. The zero-order chi connectivity index (χ0) is 12.3. The Hall–Kier alpha value is -0.940. The first-order valence-corrected chi connectivity index (χ1v) is 6.47. The van der Waals surface area contributed by atoms with Gasteiger partial charge in [0.2, 0.25) is 0 Å². The minimum absolute atomic E-state index is 0.380. The van der Waals surface area contributed by atoms with Gasteiger partial charge < -0.3 is 5.32 Å². The molecule has 5 heteroatoms. The molecule has 0 amide bonds. The van der Waals surface area contributed by atoms with Gasteiger partial charge in [-0.25, -0.2) is 9.67 Å².